The molecule has 1 heterocycles. The molecule has 1 aromatic heterocycles. The lowest BCUT2D eigenvalue weighted by Gasteiger charge is -2.16. The van der Waals surface area contributed by atoms with Gasteiger partial charge in [-0.1, -0.05) is 13.8 Å². The first-order chi connectivity index (χ1) is 9.04. The van der Waals surface area contributed by atoms with Gasteiger partial charge in [-0.2, -0.15) is 0 Å². The zero-order chi connectivity index (χ0) is 14.0. The summed E-state index contributed by atoms with van der Waals surface area (Å²) in [7, 11) is 1.84. The van der Waals surface area contributed by atoms with Crippen molar-refractivity contribution in [3.05, 3.63) is 41.5 Å². The van der Waals surface area contributed by atoms with Gasteiger partial charge in [0, 0.05) is 18.2 Å². The molecule has 2 rings (SSSR count). The minimum absolute atomic E-state index is 0.227. The number of halogens is 1. The van der Waals surface area contributed by atoms with Gasteiger partial charge < -0.3 is 5.32 Å². The average molecular weight is 259 g/mol. The lowest BCUT2D eigenvalue weighted by molar-refractivity contribution is 0.627. The summed E-state index contributed by atoms with van der Waals surface area (Å²) in [4.78, 5) is 8.65. The summed E-state index contributed by atoms with van der Waals surface area (Å²) < 4.78 is 13.2. The summed E-state index contributed by atoms with van der Waals surface area (Å²) in [6.07, 6.45) is 1.54. The fourth-order valence-electron chi connectivity index (χ4n) is 2.25. The average Bonchev–Trinajstić information content (AvgIpc) is 2.37. The van der Waals surface area contributed by atoms with Gasteiger partial charge in [0.1, 0.15) is 18.0 Å². The fourth-order valence-corrected chi connectivity index (χ4v) is 2.25. The third-order valence-corrected chi connectivity index (χ3v) is 3.14. The molecule has 0 aliphatic rings. The second-order valence-corrected chi connectivity index (χ2v) is 4.85. The third kappa shape index (κ3) is 2.57. The summed E-state index contributed by atoms with van der Waals surface area (Å²) in [5.41, 5.74) is 3.75. The van der Waals surface area contributed by atoms with Gasteiger partial charge in [-0.3, -0.25) is 0 Å². The Morgan fingerprint density at radius 2 is 1.95 bits per heavy atom. The van der Waals surface area contributed by atoms with Crippen LogP contribution >= 0.6 is 0 Å². The monoisotopic (exact) mass is 259 g/mol. The Bertz CT molecular complexity index is 594. The van der Waals surface area contributed by atoms with Gasteiger partial charge in [0.05, 0.1) is 5.69 Å². The van der Waals surface area contributed by atoms with Crippen molar-refractivity contribution in [1.29, 1.82) is 0 Å². The Kier molecular flexibility index (Phi) is 3.79. The van der Waals surface area contributed by atoms with Crippen LogP contribution in [0.2, 0.25) is 0 Å². The van der Waals surface area contributed by atoms with E-state index in [0.29, 0.717) is 0 Å². The van der Waals surface area contributed by atoms with Crippen LogP contribution in [-0.2, 0) is 0 Å². The van der Waals surface area contributed by atoms with E-state index in [1.807, 2.05) is 14.0 Å². The number of rotatable bonds is 3. The third-order valence-electron chi connectivity index (χ3n) is 3.14. The predicted molar refractivity (Wildman–Crippen MR) is 75.8 cm³/mol. The van der Waals surface area contributed by atoms with Crippen molar-refractivity contribution in [3.8, 4) is 11.3 Å². The Balaban J connectivity index is 2.68. The van der Waals surface area contributed by atoms with Crippen LogP contribution in [0, 0.1) is 12.7 Å². The maximum Gasteiger partial charge on any atom is 0.133 e. The predicted octanol–water partition coefficient (Wildman–Crippen LogP) is 3.76. The van der Waals surface area contributed by atoms with E-state index in [-0.39, 0.29) is 11.7 Å². The van der Waals surface area contributed by atoms with Gasteiger partial charge in [-0.15, -0.1) is 0 Å². The molecule has 0 atom stereocenters. The molecule has 0 bridgehead atoms. The molecule has 0 aliphatic heterocycles. The standard InChI is InChI=1S/C15H18FN3/c1-9(2)13-14(18-8-19-15(13)17-4)12-6-5-11(16)7-10(12)3/h5-9H,1-4H3,(H,17,18,19). The van der Waals surface area contributed by atoms with Crippen LogP contribution < -0.4 is 5.32 Å². The van der Waals surface area contributed by atoms with Crippen molar-refractivity contribution >= 4 is 5.82 Å². The molecule has 0 saturated carbocycles. The zero-order valence-electron chi connectivity index (χ0n) is 11.7. The lowest BCUT2D eigenvalue weighted by atomic mass is 9.95. The second kappa shape index (κ2) is 5.34. The molecule has 0 spiro atoms. The molecular formula is C15H18FN3. The highest BCUT2D eigenvalue weighted by Crippen LogP contribution is 2.33. The van der Waals surface area contributed by atoms with E-state index >= 15 is 0 Å². The molecule has 0 fully saturated rings. The maximum absolute atomic E-state index is 13.2. The molecule has 0 unspecified atom stereocenters. The number of anilines is 1. The minimum Gasteiger partial charge on any atom is -0.373 e. The summed E-state index contributed by atoms with van der Waals surface area (Å²) in [6, 6.07) is 4.77. The lowest BCUT2D eigenvalue weighted by Crippen LogP contribution is -2.05. The van der Waals surface area contributed by atoms with Gasteiger partial charge in [0.15, 0.2) is 0 Å². The summed E-state index contributed by atoms with van der Waals surface area (Å²) in [5, 5.41) is 3.09. The number of nitrogens with one attached hydrogen (secondary N) is 1. The van der Waals surface area contributed by atoms with Crippen molar-refractivity contribution in [3.63, 3.8) is 0 Å². The fraction of sp³-hybridized carbons (Fsp3) is 0.333. The molecule has 0 saturated heterocycles. The minimum atomic E-state index is -0.227. The number of aromatic nitrogens is 2. The van der Waals surface area contributed by atoms with Crippen LogP contribution in [0.4, 0.5) is 10.2 Å². The van der Waals surface area contributed by atoms with E-state index in [1.165, 1.54) is 18.5 Å². The first-order valence-electron chi connectivity index (χ1n) is 6.33. The summed E-state index contributed by atoms with van der Waals surface area (Å²) >= 11 is 0. The van der Waals surface area contributed by atoms with Crippen LogP contribution in [-0.4, -0.2) is 17.0 Å². The number of hydrogen-bond donors (Lipinski definition) is 1. The second-order valence-electron chi connectivity index (χ2n) is 4.85. The number of nitrogens with zero attached hydrogens (tertiary/aromatic N) is 2. The number of hydrogen-bond acceptors (Lipinski definition) is 3. The van der Waals surface area contributed by atoms with Crippen molar-refractivity contribution in [2.24, 2.45) is 0 Å². The van der Waals surface area contributed by atoms with E-state index < -0.39 is 0 Å². The summed E-state index contributed by atoms with van der Waals surface area (Å²) in [6.45, 7) is 6.09. The van der Waals surface area contributed by atoms with Crippen molar-refractivity contribution in [1.82, 2.24) is 9.97 Å². The normalized spacial score (nSPS) is 10.8. The SMILES string of the molecule is CNc1ncnc(-c2ccc(F)cc2C)c1C(C)C. The highest BCUT2D eigenvalue weighted by atomic mass is 19.1. The van der Waals surface area contributed by atoms with Crippen LogP contribution in [0.25, 0.3) is 11.3 Å². The molecule has 19 heavy (non-hydrogen) atoms. The maximum atomic E-state index is 13.2. The van der Waals surface area contributed by atoms with E-state index in [0.717, 1.165) is 28.2 Å². The van der Waals surface area contributed by atoms with Gasteiger partial charge in [-0.05, 0) is 36.6 Å². The topological polar surface area (TPSA) is 37.8 Å². The van der Waals surface area contributed by atoms with E-state index in [4.69, 9.17) is 0 Å². The van der Waals surface area contributed by atoms with Crippen LogP contribution in [0.15, 0.2) is 24.5 Å². The van der Waals surface area contributed by atoms with Gasteiger partial charge in [0.25, 0.3) is 0 Å². The Hall–Kier alpha value is -1.97. The molecule has 3 nitrogen and oxygen atoms in total. The van der Waals surface area contributed by atoms with Crippen LogP contribution in [0.1, 0.15) is 30.9 Å². The molecule has 0 amide bonds. The van der Waals surface area contributed by atoms with Crippen LogP contribution in [0.5, 0.6) is 0 Å². The first-order valence-corrected chi connectivity index (χ1v) is 6.33. The van der Waals surface area contributed by atoms with Gasteiger partial charge >= 0.3 is 0 Å². The summed E-state index contributed by atoms with van der Waals surface area (Å²) in [5.74, 6) is 0.877. The molecule has 1 N–H and O–H groups in total. The highest BCUT2D eigenvalue weighted by molar-refractivity contribution is 5.71. The van der Waals surface area contributed by atoms with E-state index in [9.17, 15) is 4.39 Å². The molecule has 0 aliphatic carbocycles. The van der Waals surface area contributed by atoms with Crippen LogP contribution in [0.3, 0.4) is 0 Å². The molecule has 100 valence electrons. The van der Waals surface area contributed by atoms with Gasteiger partial charge in [-0.25, -0.2) is 14.4 Å². The van der Waals surface area contributed by atoms with Gasteiger partial charge in [0.2, 0.25) is 0 Å². The highest BCUT2D eigenvalue weighted by Gasteiger charge is 2.16. The van der Waals surface area contributed by atoms with Crippen molar-refractivity contribution in [2.45, 2.75) is 26.7 Å². The molecule has 4 heteroatoms. The quantitative estimate of drug-likeness (QED) is 0.912. The van der Waals surface area contributed by atoms with E-state index in [1.54, 1.807) is 6.07 Å². The van der Waals surface area contributed by atoms with Crippen molar-refractivity contribution in [2.75, 3.05) is 12.4 Å². The zero-order valence-corrected chi connectivity index (χ0v) is 11.7. The number of benzene rings is 1. The molecule has 1 aromatic carbocycles. The van der Waals surface area contributed by atoms with E-state index in [2.05, 4.69) is 29.1 Å². The smallest absolute Gasteiger partial charge is 0.133 e. The first kappa shape index (κ1) is 13.5. The number of aryl methyl sites for hydroxylation is 1. The molecule has 2 aromatic rings. The Morgan fingerprint density at radius 1 is 1.21 bits per heavy atom. The Morgan fingerprint density at radius 3 is 2.53 bits per heavy atom. The molecule has 0 radical (unpaired) electrons. The largest absolute Gasteiger partial charge is 0.373 e. The molecular weight excluding hydrogens is 241 g/mol. The van der Waals surface area contributed by atoms with Crippen molar-refractivity contribution < 1.29 is 4.39 Å². The Labute approximate surface area is 112 Å².